The summed E-state index contributed by atoms with van der Waals surface area (Å²) < 4.78 is 5.66. The maximum absolute atomic E-state index is 10.7. The van der Waals surface area contributed by atoms with Gasteiger partial charge in [0.15, 0.2) is 6.29 Å². The lowest BCUT2D eigenvalue weighted by Gasteiger charge is -2.15. The van der Waals surface area contributed by atoms with Crippen molar-refractivity contribution >= 4 is 17.9 Å². The minimum Gasteiger partial charge on any atom is -0.493 e. The zero-order valence-corrected chi connectivity index (χ0v) is 10.1. The summed E-state index contributed by atoms with van der Waals surface area (Å²) in [4.78, 5) is 10.7. The quantitative estimate of drug-likeness (QED) is 0.762. The number of aldehydes is 1. The minimum atomic E-state index is 0.524. The number of halogens is 1. The molecule has 17 heavy (non-hydrogen) atoms. The summed E-state index contributed by atoms with van der Waals surface area (Å²) in [5.74, 6) is 0.820. The van der Waals surface area contributed by atoms with E-state index in [9.17, 15) is 4.79 Å². The van der Waals surface area contributed by atoms with Crippen molar-refractivity contribution in [3.8, 4) is 0 Å². The Kier molecular flexibility index (Phi) is 3.99. The van der Waals surface area contributed by atoms with E-state index >= 15 is 0 Å². The number of benzene rings is 1. The van der Waals surface area contributed by atoms with Gasteiger partial charge in [0.05, 0.1) is 5.76 Å². The van der Waals surface area contributed by atoms with Crippen LogP contribution < -0.4 is 0 Å². The summed E-state index contributed by atoms with van der Waals surface area (Å²) in [6, 6.07) is 9.93. The Labute approximate surface area is 106 Å². The van der Waals surface area contributed by atoms with Crippen molar-refractivity contribution in [1.82, 2.24) is 0 Å². The zero-order chi connectivity index (χ0) is 12.1. The highest BCUT2D eigenvalue weighted by molar-refractivity contribution is 6.31. The first-order valence-electron chi connectivity index (χ1n) is 5.50. The second kappa shape index (κ2) is 5.69. The third-order valence-electron chi connectivity index (χ3n) is 2.61. The number of hydrogen-bond donors (Lipinski definition) is 0. The topological polar surface area (TPSA) is 26.3 Å². The Morgan fingerprint density at radius 2 is 2.00 bits per heavy atom. The SMILES string of the molecule is O=CC1=C(Cl)CCC(OCc2ccccc2)=C1. The monoisotopic (exact) mass is 248 g/mol. The molecule has 0 spiro atoms. The van der Waals surface area contributed by atoms with Crippen LogP contribution in [0.5, 0.6) is 0 Å². The summed E-state index contributed by atoms with van der Waals surface area (Å²) >= 11 is 5.91. The van der Waals surface area contributed by atoms with Crippen molar-refractivity contribution in [2.24, 2.45) is 0 Å². The molecule has 0 amide bonds. The van der Waals surface area contributed by atoms with Gasteiger partial charge in [-0.15, -0.1) is 0 Å². The first-order chi connectivity index (χ1) is 8.29. The van der Waals surface area contributed by atoms with E-state index in [1.807, 2.05) is 30.3 Å². The number of ether oxygens (including phenoxy) is 1. The molecule has 0 heterocycles. The van der Waals surface area contributed by atoms with Crippen molar-refractivity contribution in [3.63, 3.8) is 0 Å². The van der Waals surface area contributed by atoms with E-state index in [1.165, 1.54) is 0 Å². The summed E-state index contributed by atoms with van der Waals surface area (Å²) in [7, 11) is 0. The van der Waals surface area contributed by atoms with Gasteiger partial charge in [0.25, 0.3) is 0 Å². The van der Waals surface area contributed by atoms with E-state index < -0.39 is 0 Å². The number of rotatable bonds is 4. The molecule has 2 nitrogen and oxygen atoms in total. The maximum atomic E-state index is 10.7. The lowest BCUT2D eigenvalue weighted by atomic mass is 10.1. The van der Waals surface area contributed by atoms with Gasteiger partial charge in [-0.05, 0) is 18.1 Å². The van der Waals surface area contributed by atoms with E-state index in [1.54, 1.807) is 6.08 Å². The minimum absolute atomic E-state index is 0.524. The van der Waals surface area contributed by atoms with Gasteiger partial charge in [-0.1, -0.05) is 41.9 Å². The van der Waals surface area contributed by atoms with Crippen LogP contribution in [0.2, 0.25) is 0 Å². The summed E-state index contributed by atoms with van der Waals surface area (Å²) in [6.07, 6.45) is 3.93. The lowest BCUT2D eigenvalue weighted by Crippen LogP contribution is -2.01. The highest BCUT2D eigenvalue weighted by Crippen LogP contribution is 2.26. The lowest BCUT2D eigenvalue weighted by molar-refractivity contribution is -0.104. The van der Waals surface area contributed by atoms with Crippen LogP contribution in [-0.2, 0) is 16.1 Å². The van der Waals surface area contributed by atoms with Crippen molar-refractivity contribution in [1.29, 1.82) is 0 Å². The molecule has 2 rings (SSSR count). The number of allylic oxidation sites excluding steroid dienone is 4. The van der Waals surface area contributed by atoms with Crippen LogP contribution >= 0.6 is 11.6 Å². The van der Waals surface area contributed by atoms with Gasteiger partial charge in [0.1, 0.15) is 6.61 Å². The van der Waals surface area contributed by atoms with Crippen molar-refractivity contribution < 1.29 is 9.53 Å². The van der Waals surface area contributed by atoms with E-state index in [2.05, 4.69) is 0 Å². The molecule has 0 atom stereocenters. The van der Waals surface area contributed by atoms with Gasteiger partial charge in [-0.2, -0.15) is 0 Å². The Balaban J connectivity index is 1.99. The van der Waals surface area contributed by atoms with Crippen LogP contribution in [0.1, 0.15) is 18.4 Å². The second-order valence-corrected chi connectivity index (χ2v) is 4.32. The van der Waals surface area contributed by atoms with Crippen LogP contribution in [0, 0.1) is 0 Å². The largest absolute Gasteiger partial charge is 0.493 e. The molecule has 0 N–H and O–H groups in total. The zero-order valence-electron chi connectivity index (χ0n) is 9.36. The molecule has 88 valence electrons. The summed E-state index contributed by atoms with van der Waals surface area (Å²) in [5.41, 5.74) is 1.64. The maximum Gasteiger partial charge on any atom is 0.151 e. The summed E-state index contributed by atoms with van der Waals surface area (Å²) in [6.45, 7) is 0.524. The molecular formula is C14H13ClO2. The average molecular weight is 249 g/mol. The molecule has 0 radical (unpaired) electrons. The van der Waals surface area contributed by atoms with E-state index in [0.717, 1.165) is 24.0 Å². The highest BCUT2D eigenvalue weighted by Gasteiger charge is 2.12. The van der Waals surface area contributed by atoms with Crippen molar-refractivity contribution in [2.45, 2.75) is 19.4 Å². The number of carbonyl (C=O) groups excluding carboxylic acids is 1. The molecule has 0 saturated carbocycles. The van der Waals surface area contributed by atoms with Gasteiger partial charge in [-0.3, -0.25) is 4.79 Å². The van der Waals surface area contributed by atoms with Gasteiger partial charge >= 0.3 is 0 Å². The molecule has 0 bridgehead atoms. The summed E-state index contributed by atoms with van der Waals surface area (Å²) in [5, 5.41) is 0.618. The smallest absolute Gasteiger partial charge is 0.151 e. The Hall–Kier alpha value is -1.54. The first-order valence-corrected chi connectivity index (χ1v) is 5.88. The predicted molar refractivity (Wildman–Crippen MR) is 67.5 cm³/mol. The van der Waals surface area contributed by atoms with Crippen LogP contribution in [0.15, 0.2) is 52.8 Å². The molecule has 0 saturated heterocycles. The number of hydrogen-bond acceptors (Lipinski definition) is 2. The van der Waals surface area contributed by atoms with Gasteiger partial charge < -0.3 is 4.74 Å². The Morgan fingerprint density at radius 1 is 1.24 bits per heavy atom. The normalized spacial score (nSPS) is 15.5. The molecule has 0 fully saturated rings. The van der Waals surface area contributed by atoms with E-state index in [-0.39, 0.29) is 0 Å². The molecule has 3 heteroatoms. The second-order valence-electron chi connectivity index (χ2n) is 3.86. The van der Waals surface area contributed by atoms with Crippen LogP contribution in [0.4, 0.5) is 0 Å². The molecule has 1 aliphatic carbocycles. The van der Waals surface area contributed by atoms with Gasteiger partial charge in [-0.25, -0.2) is 0 Å². The van der Waals surface area contributed by atoms with E-state index in [0.29, 0.717) is 23.6 Å². The average Bonchev–Trinajstić information content (AvgIpc) is 2.39. The fourth-order valence-corrected chi connectivity index (χ4v) is 1.86. The number of carbonyl (C=O) groups is 1. The molecule has 0 unspecified atom stereocenters. The molecule has 0 aliphatic heterocycles. The van der Waals surface area contributed by atoms with Crippen LogP contribution in [0.25, 0.3) is 0 Å². The molecule has 1 aliphatic rings. The third kappa shape index (κ3) is 3.21. The Bertz CT molecular complexity index is 460. The van der Waals surface area contributed by atoms with Crippen molar-refractivity contribution in [2.75, 3.05) is 0 Å². The predicted octanol–water partition coefficient (Wildman–Crippen LogP) is 3.57. The molecular weight excluding hydrogens is 236 g/mol. The Morgan fingerprint density at radius 3 is 2.71 bits per heavy atom. The molecule has 1 aromatic carbocycles. The first kappa shape index (κ1) is 11.9. The molecule has 0 aromatic heterocycles. The van der Waals surface area contributed by atoms with Crippen LogP contribution in [-0.4, -0.2) is 6.29 Å². The molecule has 1 aromatic rings. The van der Waals surface area contributed by atoms with Gasteiger partial charge in [0.2, 0.25) is 0 Å². The third-order valence-corrected chi connectivity index (χ3v) is 3.02. The van der Waals surface area contributed by atoms with Crippen LogP contribution in [0.3, 0.4) is 0 Å². The standard InChI is InChI=1S/C14H13ClO2/c15-14-7-6-13(8-12(14)9-16)17-10-11-4-2-1-3-5-11/h1-5,8-9H,6-7,10H2. The van der Waals surface area contributed by atoms with Crippen molar-refractivity contribution in [3.05, 3.63) is 58.3 Å². The fourth-order valence-electron chi connectivity index (χ4n) is 1.66. The van der Waals surface area contributed by atoms with Gasteiger partial charge in [0, 0.05) is 17.0 Å². The van der Waals surface area contributed by atoms with E-state index in [4.69, 9.17) is 16.3 Å². The highest BCUT2D eigenvalue weighted by atomic mass is 35.5. The fraction of sp³-hybridized carbons (Fsp3) is 0.214.